The quantitative estimate of drug-likeness (QED) is 0.588. The van der Waals surface area contributed by atoms with Crippen molar-refractivity contribution in [3.8, 4) is 0 Å². The molecule has 0 bridgehead atoms. The van der Waals surface area contributed by atoms with Gasteiger partial charge >= 0.3 is 0 Å². The number of aliphatic hydroxyl groups excluding tert-OH is 1. The second-order valence-electron chi connectivity index (χ2n) is 4.36. The average molecular weight is 170 g/mol. The zero-order valence-electron chi connectivity index (χ0n) is 7.50. The summed E-state index contributed by atoms with van der Waals surface area (Å²) in [5, 5.41) is 9.25. The molecule has 0 aromatic heterocycles. The molecular weight excluding hydrogens is 152 g/mol. The van der Waals surface area contributed by atoms with Gasteiger partial charge in [0.1, 0.15) is 0 Å². The summed E-state index contributed by atoms with van der Waals surface area (Å²) in [6, 6.07) is 0. The molecule has 3 heteroatoms. The summed E-state index contributed by atoms with van der Waals surface area (Å²) in [5.74, 6) is 0. The van der Waals surface area contributed by atoms with Crippen LogP contribution in [0, 0.1) is 5.41 Å². The van der Waals surface area contributed by atoms with Crippen LogP contribution < -0.4 is 5.73 Å². The third-order valence-corrected chi connectivity index (χ3v) is 3.51. The standard InChI is InChI=1S/C9H18N2O/c10-7-11-3-1-9(2-4-11)5-8(12)6-9/h8,12H,1-7,10H2. The van der Waals surface area contributed by atoms with Gasteiger partial charge in [-0.15, -0.1) is 0 Å². The van der Waals surface area contributed by atoms with Crippen molar-refractivity contribution >= 4 is 0 Å². The van der Waals surface area contributed by atoms with E-state index in [4.69, 9.17) is 5.73 Å². The van der Waals surface area contributed by atoms with E-state index in [1.165, 1.54) is 12.8 Å². The minimum Gasteiger partial charge on any atom is -0.393 e. The van der Waals surface area contributed by atoms with Crippen LogP contribution in [0.25, 0.3) is 0 Å². The lowest BCUT2D eigenvalue weighted by molar-refractivity contribution is -0.0675. The normalized spacial score (nSPS) is 30.5. The van der Waals surface area contributed by atoms with Gasteiger partial charge in [-0.3, -0.25) is 4.90 Å². The Morgan fingerprint density at radius 3 is 2.33 bits per heavy atom. The Labute approximate surface area is 73.5 Å². The summed E-state index contributed by atoms with van der Waals surface area (Å²) in [6.45, 7) is 2.95. The molecule has 12 heavy (non-hydrogen) atoms. The summed E-state index contributed by atoms with van der Waals surface area (Å²) in [6.07, 6.45) is 4.54. The van der Waals surface area contributed by atoms with E-state index >= 15 is 0 Å². The Hall–Kier alpha value is -0.120. The van der Waals surface area contributed by atoms with Gasteiger partial charge in [-0.05, 0) is 44.2 Å². The van der Waals surface area contributed by atoms with Crippen LogP contribution >= 0.6 is 0 Å². The minimum absolute atomic E-state index is 0.00516. The van der Waals surface area contributed by atoms with E-state index in [2.05, 4.69) is 4.90 Å². The molecule has 1 heterocycles. The second-order valence-corrected chi connectivity index (χ2v) is 4.36. The fourth-order valence-electron chi connectivity index (χ4n) is 2.56. The number of nitrogens with zero attached hydrogens (tertiary/aromatic N) is 1. The summed E-state index contributed by atoms with van der Waals surface area (Å²) in [5.41, 5.74) is 6.06. The smallest absolute Gasteiger partial charge is 0.0550 e. The first-order chi connectivity index (χ1) is 5.74. The Bertz CT molecular complexity index is 156. The predicted molar refractivity (Wildman–Crippen MR) is 47.5 cm³/mol. The lowest BCUT2D eigenvalue weighted by atomic mass is 9.61. The predicted octanol–water partition coefficient (Wildman–Crippen LogP) is 0.139. The van der Waals surface area contributed by atoms with E-state index in [0.717, 1.165) is 25.9 Å². The Kier molecular flexibility index (Phi) is 2.10. The third kappa shape index (κ3) is 1.37. The minimum atomic E-state index is -0.00516. The molecule has 3 nitrogen and oxygen atoms in total. The maximum atomic E-state index is 9.25. The number of rotatable bonds is 1. The topological polar surface area (TPSA) is 49.5 Å². The molecule has 0 amide bonds. The van der Waals surface area contributed by atoms with Crippen molar-refractivity contribution in [2.75, 3.05) is 19.8 Å². The van der Waals surface area contributed by atoms with Crippen molar-refractivity contribution in [3.63, 3.8) is 0 Å². The molecule has 2 rings (SSSR count). The molecular formula is C9H18N2O. The van der Waals surface area contributed by atoms with Crippen LogP contribution in [0.4, 0.5) is 0 Å². The van der Waals surface area contributed by atoms with Crippen molar-refractivity contribution in [3.05, 3.63) is 0 Å². The fraction of sp³-hybridized carbons (Fsp3) is 1.00. The zero-order chi connectivity index (χ0) is 8.60. The number of aliphatic hydroxyl groups is 1. The highest BCUT2D eigenvalue weighted by Gasteiger charge is 2.44. The first-order valence-corrected chi connectivity index (χ1v) is 4.85. The van der Waals surface area contributed by atoms with Crippen LogP contribution in [0.2, 0.25) is 0 Å². The molecule has 1 aliphatic carbocycles. The van der Waals surface area contributed by atoms with E-state index < -0.39 is 0 Å². The van der Waals surface area contributed by atoms with Crippen LogP contribution in [0.5, 0.6) is 0 Å². The van der Waals surface area contributed by atoms with Crippen molar-refractivity contribution in [2.45, 2.75) is 31.8 Å². The van der Waals surface area contributed by atoms with Gasteiger partial charge in [0.05, 0.1) is 6.10 Å². The van der Waals surface area contributed by atoms with E-state index in [1.807, 2.05) is 0 Å². The summed E-state index contributed by atoms with van der Waals surface area (Å²) in [7, 11) is 0. The highest BCUT2D eigenvalue weighted by molar-refractivity contribution is 4.96. The summed E-state index contributed by atoms with van der Waals surface area (Å²) >= 11 is 0. The number of piperidine rings is 1. The molecule has 2 fully saturated rings. The molecule has 1 saturated heterocycles. The van der Waals surface area contributed by atoms with Crippen molar-refractivity contribution in [1.29, 1.82) is 0 Å². The van der Waals surface area contributed by atoms with Gasteiger partial charge in [-0.1, -0.05) is 0 Å². The van der Waals surface area contributed by atoms with Crippen molar-refractivity contribution in [2.24, 2.45) is 11.1 Å². The molecule has 1 saturated carbocycles. The molecule has 0 radical (unpaired) electrons. The average Bonchev–Trinajstić information content (AvgIpc) is 2.04. The Morgan fingerprint density at radius 1 is 1.33 bits per heavy atom. The van der Waals surface area contributed by atoms with Gasteiger partial charge in [-0.25, -0.2) is 0 Å². The van der Waals surface area contributed by atoms with Gasteiger partial charge in [0.15, 0.2) is 0 Å². The number of nitrogens with two attached hydrogens (primary N) is 1. The van der Waals surface area contributed by atoms with Crippen molar-refractivity contribution < 1.29 is 5.11 Å². The van der Waals surface area contributed by atoms with Crippen LogP contribution in [0.3, 0.4) is 0 Å². The number of likely N-dealkylation sites (tertiary alicyclic amines) is 1. The first-order valence-electron chi connectivity index (χ1n) is 4.85. The molecule has 1 spiro atoms. The maximum absolute atomic E-state index is 9.25. The fourth-order valence-corrected chi connectivity index (χ4v) is 2.56. The SMILES string of the molecule is NCN1CCC2(CC1)CC(O)C2. The highest BCUT2D eigenvalue weighted by atomic mass is 16.3. The highest BCUT2D eigenvalue weighted by Crippen LogP contribution is 2.48. The molecule has 3 N–H and O–H groups in total. The number of hydrogen-bond donors (Lipinski definition) is 2. The van der Waals surface area contributed by atoms with Gasteiger partial charge in [0, 0.05) is 6.67 Å². The Morgan fingerprint density at radius 2 is 1.92 bits per heavy atom. The lowest BCUT2D eigenvalue weighted by Crippen LogP contribution is -2.50. The van der Waals surface area contributed by atoms with Gasteiger partial charge in [0.2, 0.25) is 0 Å². The second kappa shape index (κ2) is 2.98. The first kappa shape index (κ1) is 8.48. The lowest BCUT2D eigenvalue weighted by Gasteiger charge is -2.50. The zero-order valence-corrected chi connectivity index (χ0v) is 7.50. The van der Waals surface area contributed by atoms with Gasteiger partial charge in [-0.2, -0.15) is 0 Å². The van der Waals surface area contributed by atoms with Gasteiger partial charge in [0.25, 0.3) is 0 Å². The molecule has 0 atom stereocenters. The van der Waals surface area contributed by atoms with Crippen LogP contribution in [-0.4, -0.2) is 35.9 Å². The van der Waals surface area contributed by atoms with Gasteiger partial charge < -0.3 is 10.8 Å². The third-order valence-electron chi connectivity index (χ3n) is 3.51. The van der Waals surface area contributed by atoms with E-state index in [0.29, 0.717) is 12.1 Å². The number of hydrogen-bond acceptors (Lipinski definition) is 3. The largest absolute Gasteiger partial charge is 0.393 e. The summed E-state index contributed by atoms with van der Waals surface area (Å²) in [4.78, 5) is 2.29. The van der Waals surface area contributed by atoms with E-state index in [-0.39, 0.29) is 6.10 Å². The van der Waals surface area contributed by atoms with Crippen LogP contribution in [0.15, 0.2) is 0 Å². The summed E-state index contributed by atoms with van der Waals surface area (Å²) < 4.78 is 0. The molecule has 0 aromatic rings. The monoisotopic (exact) mass is 170 g/mol. The molecule has 0 unspecified atom stereocenters. The van der Waals surface area contributed by atoms with Crippen LogP contribution in [0.1, 0.15) is 25.7 Å². The molecule has 1 aliphatic heterocycles. The maximum Gasteiger partial charge on any atom is 0.0550 e. The van der Waals surface area contributed by atoms with E-state index in [9.17, 15) is 5.11 Å². The van der Waals surface area contributed by atoms with Crippen LogP contribution in [-0.2, 0) is 0 Å². The Balaban J connectivity index is 1.83. The van der Waals surface area contributed by atoms with Crippen molar-refractivity contribution in [1.82, 2.24) is 4.90 Å². The molecule has 2 aliphatic rings. The van der Waals surface area contributed by atoms with E-state index in [1.54, 1.807) is 0 Å². The molecule has 70 valence electrons. The molecule has 0 aromatic carbocycles.